The van der Waals surface area contributed by atoms with E-state index in [1.54, 1.807) is 4.90 Å². The predicted molar refractivity (Wildman–Crippen MR) is 96.5 cm³/mol. The predicted octanol–water partition coefficient (Wildman–Crippen LogP) is 1.49. The largest absolute Gasteiger partial charge is 0.370 e. The summed E-state index contributed by atoms with van der Waals surface area (Å²) in [6.07, 6.45) is 0.522. The molecular formula is C17H21Cl2FN4O2. The van der Waals surface area contributed by atoms with Crippen molar-refractivity contribution in [1.29, 1.82) is 0 Å². The molecule has 0 spiro atoms. The Morgan fingerprint density at radius 2 is 2.12 bits per heavy atom. The number of rotatable bonds is 2. The number of hydrogen-bond donors (Lipinski definition) is 3. The van der Waals surface area contributed by atoms with Gasteiger partial charge >= 0.3 is 0 Å². The summed E-state index contributed by atoms with van der Waals surface area (Å²) in [6, 6.07) is 2.70. The van der Waals surface area contributed by atoms with Crippen molar-refractivity contribution in [1.82, 2.24) is 21.1 Å². The Balaban J connectivity index is 1.48. The molecule has 0 aliphatic carbocycles. The first-order valence-corrected chi connectivity index (χ1v) is 9.57. The molecule has 3 aliphatic rings. The molecule has 3 N–H and O–H groups in total. The lowest BCUT2D eigenvalue weighted by Gasteiger charge is -2.36. The van der Waals surface area contributed by atoms with Gasteiger partial charge in [0.05, 0.1) is 18.2 Å². The Hall–Kier alpha value is -0.960. The highest BCUT2D eigenvalue weighted by Crippen LogP contribution is 2.33. The molecule has 0 aromatic heterocycles. The van der Waals surface area contributed by atoms with Gasteiger partial charge in [0.15, 0.2) is 0 Å². The number of benzene rings is 1. The second kappa shape index (κ2) is 7.58. The molecule has 1 amide bonds. The van der Waals surface area contributed by atoms with Crippen LogP contribution in [0.2, 0.25) is 10.0 Å². The minimum Gasteiger partial charge on any atom is -0.370 e. The van der Waals surface area contributed by atoms with Crippen LogP contribution in [-0.2, 0) is 9.53 Å². The Morgan fingerprint density at radius 1 is 1.27 bits per heavy atom. The van der Waals surface area contributed by atoms with E-state index in [1.807, 2.05) is 0 Å². The van der Waals surface area contributed by atoms with Gasteiger partial charge in [0, 0.05) is 35.6 Å². The van der Waals surface area contributed by atoms with Gasteiger partial charge in [-0.15, -0.1) is 0 Å². The van der Waals surface area contributed by atoms with Crippen LogP contribution in [0.1, 0.15) is 18.1 Å². The highest BCUT2D eigenvalue weighted by molar-refractivity contribution is 6.35. The zero-order chi connectivity index (χ0) is 18.3. The van der Waals surface area contributed by atoms with Crippen molar-refractivity contribution in [2.75, 3.05) is 32.8 Å². The average molecular weight is 403 g/mol. The molecule has 4 unspecified atom stereocenters. The molecule has 4 rings (SSSR count). The number of carbonyl (C=O) groups excluding carboxylic acids is 1. The van der Waals surface area contributed by atoms with E-state index in [9.17, 15) is 9.18 Å². The summed E-state index contributed by atoms with van der Waals surface area (Å²) >= 11 is 12.0. The Kier molecular flexibility index (Phi) is 5.36. The first kappa shape index (κ1) is 18.4. The molecule has 3 aliphatic heterocycles. The van der Waals surface area contributed by atoms with Crippen LogP contribution < -0.4 is 16.2 Å². The molecule has 26 heavy (non-hydrogen) atoms. The first-order chi connectivity index (χ1) is 12.5. The Morgan fingerprint density at radius 3 is 2.96 bits per heavy atom. The number of ether oxygens (including phenoxy) is 1. The van der Waals surface area contributed by atoms with Gasteiger partial charge in [-0.05, 0) is 25.1 Å². The van der Waals surface area contributed by atoms with Gasteiger partial charge in [-0.3, -0.25) is 10.2 Å². The molecule has 142 valence electrons. The fraction of sp³-hybridized carbons (Fsp3) is 0.588. The van der Waals surface area contributed by atoms with Gasteiger partial charge in [-0.2, -0.15) is 0 Å². The fourth-order valence-corrected chi connectivity index (χ4v) is 4.48. The third-order valence-electron chi connectivity index (χ3n) is 5.41. The monoisotopic (exact) mass is 402 g/mol. The summed E-state index contributed by atoms with van der Waals surface area (Å²) in [7, 11) is 0. The molecule has 1 aromatic carbocycles. The van der Waals surface area contributed by atoms with Gasteiger partial charge in [0.2, 0.25) is 5.91 Å². The van der Waals surface area contributed by atoms with Gasteiger partial charge < -0.3 is 15.0 Å². The topological polar surface area (TPSA) is 65.6 Å². The molecule has 3 fully saturated rings. The highest BCUT2D eigenvalue weighted by atomic mass is 35.5. The number of hydrazine groups is 1. The molecule has 0 bridgehead atoms. The molecule has 3 heterocycles. The van der Waals surface area contributed by atoms with E-state index >= 15 is 0 Å². The van der Waals surface area contributed by atoms with Crippen LogP contribution in [0.5, 0.6) is 0 Å². The summed E-state index contributed by atoms with van der Waals surface area (Å²) in [5.74, 6) is -0.294. The van der Waals surface area contributed by atoms with E-state index in [4.69, 9.17) is 27.9 Å². The van der Waals surface area contributed by atoms with Crippen LogP contribution in [-0.4, -0.2) is 55.7 Å². The maximum Gasteiger partial charge on any atom is 0.241 e. The van der Waals surface area contributed by atoms with Crippen LogP contribution in [0.4, 0.5) is 4.39 Å². The summed E-state index contributed by atoms with van der Waals surface area (Å²) < 4.78 is 19.6. The number of nitrogens with zero attached hydrogens (tertiary/aromatic N) is 1. The summed E-state index contributed by atoms with van der Waals surface area (Å²) in [5, 5.41) is 3.66. The van der Waals surface area contributed by atoms with E-state index in [0.717, 1.165) is 19.5 Å². The normalized spacial score (nSPS) is 31.7. The maximum absolute atomic E-state index is 13.8. The third-order valence-corrected chi connectivity index (χ3v) is 6.03. The molecule has 0 saturated carbocycles. The van der Waals surface area contributed by atoms with Crippen molar-refractivity contribution in [3.63, 3.8) is 0 Å². The van der Waals surface area contributed by atoms with Crippen molar-refractivity contribution in [3.8, 4) is 0 Å². The van der Waals surface area contributed by atoms with Gasteiger partial charge in [-0.1, -0.05) is 23.2 Å². The molecule has 9 heteroatoms. The molecule has 3 saturated heterocycles. The number of morpholine rings is 1. The van der Waals surface area contributed by atoms with Crippen LogP contribution >= 0.6 is 23.2 Å². The van der Waals surface area contributed by atoms with Crippen molar-refractivity contribution in [2.24, 2.45) is 5.92 Å². The van der Waals surface area contributed by atoms with Crippen LogP contribution in [0.25, 0.3) is 0 Å². The van der Waals surface area contributed by atoms with Gasteiger partial charge in [-0.25, -0.2) is 9.82 Å². The summed E-state index contributed by atoms with van der Waals surface area (Å²) in [5.41, 5.74) is 6.91. The average Bonchev–Trinajstić information content (AvgIpc) is 3.08. The number of carbonyl (C=O) groups is 1. The SMILES string of the molecule is O=C(C1NNC2CCNCC21)N1CCOC(c2cc(F)c(Cl)cc2Cl)C1. The standard InChI is InChI=1S/C17H21Cl2FN4O2/c18-11-6-12(19)13(20)5-9(11)15-8-24(3-4-26-15)17(25)16-10-7-21-2-1-14(10)22-23-16/h5-6,10,14-16,21-23H,1-4,7-8H2. The second-order valence-corrected chi connectivity index (χ2v) is 7.78. The van der Waals surface area contributed by atoms with Crippen LogP contribution in [0.15, 0.2) is 12.1 Å². The molecule has 4 atom stereocenters. The minimum atomic E-state index is -0.545. The molecule has 6 nitrogen and oxygen atoms in total. The smallest absolute Gasteiger partial charge is 0.241 e. The summed E-state index contributed by atoms with van der Waals surface area (Å²) in [6.45, 7) is 2.98. The highest BCUT2D eigenvalue weighted by Gasteiger charge is 2.43. The van der Waals surface area contributed by atoms with Crippen molar-refractivity contribution in [3.05, 3.63) is 33.6 Å². The minimum absolute atomic E-state index is 0.0282. The number of piperidine rings is 1. The van der Waals surface area contributed by atoms with E-state index in [1.165, 1.54) is 12.1 Å². The number of fused-ring (bicyclic) bond motifs is 1. The fourth-order valence-electron chi connectivity index (χ4n) is 3.98. The van der Waals surface area contributed by atoms with Gasteiger partial charge in [0.25, 0.3) is 0 Å². The zero-order valence-corrected chi connectivity index (χ0v) is 15.6. The van der Waals surface area contributed by atoms with Gasteiger partial charge in [0.1, 0.15) is 18.0 Å². The number of amides is 1. The third kappa shape index (κ3) is 3.44. The summed E-state index contributed by atoms with van der Waals surface area (Å²) in [4.78, 5) is 14.8. The first-order valence-electron chi connectivity index (χ1n) is 8.81. The second-order valence-electron chi connectivity index (χ2n) is 6.96. The lowest BCUT2D eigenvalue weighted by atomic mass is 9.88. The molecule has 0 radical (unpaired) electrons. The van der Waals surface area contributed by atoms with Crippen molar-refractivity contribution >= 4 is 29.1 Å². The lowest BCUT2D eigenvalue weighted by molar-refractivity contribution is -0.142. The molecular weight excluding hydrogens is 382 g/mol. The van der Waals surface area contributed by atoms with Crippen LogP contribution in [0, 0.1) is 11.7 Å². The van der Waals surface area contributed by atoms with E-state index in [0.29, 0.717) is 36.3 Å². The van der Waals surface area contributed by atoms with Crippen LogP contribution in [0.3, 0.4) is 0 Å². The molecule has 1 aromatic rings. The van der Waals surface area contributed by atoms with E-state index in [-0.39, 0.29) is 22.9 Å². The Bertz CT molecular complexity index is 708. The van der Waals surface area contributed by atoms with E-state index in [2.05, 4.69) is 16.2 Å². The zero-order valence-electron chi connectivity index (χ0n) is 14.1. The van der Waals surface area contributed by atoms with Crippen molar-refractivity contribution < 1.29 is 13.9 Å². The lowest BCUT2D eigenvalue weighted by Crippen LogP contribution is -2.53. The number of halogens is 3. The number of nitrogens with one attached hydrogen (secondary N) is 3. The Labute approximate surface area is 161 Å². The maximum atomic E-state index is 13.8. The van der Waals surface area contributed by atoms with E-state index < -0.39 is 11.9 Å². The number of hydrogen-bond acceptors (Lipinski definition) is 5. The quantitative estimate of drug-likeness (QED) is 0.654. The van der Waals surface area contributed by atoms with Crippen molar-refractivity contribution in [2.45, 2.75) is 24.6 Å².